The molecule has 1 amide bonds. The van der Waals surface area contributed by atoms with Crippen LogP contribution in [0.15, 0.2) is 0 Å². The summed E-state index contributed by atoms with van der Waals surface area (Å²) in [6, 6.07) is 0. The average Bonchev–Trinajstić information content (AvgIpc) is 2.34. The molecular formula is C11H17NO4. The number of fused-ring (bicyclic) bond motifs is 1. The number of carbonyl (C=O) groups excluding carboxylic acids is 2. The van der Waals surface area contributed by atoms with E-state index in [-0.39, 0.29) is 11.8 Å². The number of aliphatic hydroxyl groups excluding tert-OH is 1. The largest absolute Gasteiger partial charge is 0.456 e. The van der Waals surface area contributed by atoms with E-state index in [1.54, 1.807) is 27.7 Å². The lowest BCUT2D eigenvalue weighted by Crippen LogP contribution is -2.74. The topological polar surface area (TPSA) is 75.6 Å². The van der Waals surface area contributed by atoms with Crippen molar-refractivity contribution in [2.24, 2.45) is 11.3 Å². The van der Waals surface area contributed by atoms with Crippen LogP contribution in [0.2, 0.25) is 0 Å². The molecule has 3 unspecified atom stereocenters. The van der Waals surface area contributed by atoms with Gasteiger partial charge in [-0.25, -0.2) is 4.79 Å². The Balaban J connectivity index is 2.40. The molecular weight excluding hydrogens is 210 g/mol. The molecule has 5 heteroatoms. The average molecular weight is 227 g/mol. The molecule has 2 heterocycles. The summed E-state index contributed by atoms with van der Waals surface area (Å²) in [5.74, 6) is -0.898. The Morgan fingerprint density at radius 3 is 2.31 bits per heavy atom. The van der Waals surface area contributed by atoms with Crippen LogP contribution in [0.25, 0.3) is 0 Å². The highest BCUT2D eigenvalue weighted by atomic mass is 16.6. The van der Waals surface area contributed by atoms with Crippen LogP contribution >= 0.6 is 0 Å². The summed E-state index contributed by atoms with van der Waals surface area (Å²) in [7, 11) is 0. The number of nitrogens with one attached hydrogen (secondary N) is 1. The fourth-order valence-corrected chi connectivity index (χ4v) is 2.52. The highest BCUT2D eigenvalue weighted by Crippen LogP contribution is 2.48. The second-order valence-electron chi connectivity index (χ2n) is 5.52. The molecule has 0 aliphatic carbocycles. The van der Waals surface area contributed by atoms with Gasteiger partial charge in [0, 0.05) is 0 Å². The molecule has 2 rings (SSSR count). The van der Waals surface area contributed by atoms with E-state index >= 15 is 0 Å². The van der Waals surface area contributed by atoms with Gasteiger partial charge in [0.25, 0.3) is 0 Å². The molecule has 0 bridgehead atoms. The van der Waals surface area contributed by atoms with E-state index in [0.29, 0.717) is 0 Å². The molecule has 0 aromatic carbocycles. The number of amides is 1. The molecule has 0 aromatic rings. The van der Waals surface area contributed by atoms with Crippen molar-refractivity contribution in [3.63, 3.8) is 0 Å². The molecule has 5 nitrogen and oxygen atoms in total. The maximum absolute atomic E-state index is 11.8. The maximum Gasteiger partial charge on any atom is 0.339 e. The fourth-order valence-electron chi connectivity index (χ4n) is 2.52. The molecule has 0 aromatic heterocycles. The molecule has 90 valence electrons. The van der Waals surface area contributed by atoms with Gasteiger partial charge in [0.1, 0.15) is 0 Å². The van der Waals surface area contributed by atoms with E-state index < -0.39 is 29.1 Å². The van der Waals surface area contributed by atoms with Gasteiger partial charge in [-0.15, -0.1) is 0 Å². The van der Waals surface area contributed by atoms with Crippen molar-refractivity contribution in [1.29, 1.82) is 0 Å². The lowest BCUT2D eigenvalue weighted by Gasteiger charge is -2.48. The maximum atomic E-state index is 11.8. The van der Waals surface area contributed by atoms with Crippen LogP contribution in [-0.4, -0.2) is 34.7 Å². The summed E-state index contributed by atoms with van der Waals surface area (Å²) in [5.41, 5.74) is -2.00. The Morgan fingerprint density at radius 2 is 1.94 bits per heavy atom. The van der Waals surface area contributed by atoms with Crippen molar-refractivity contribution in [2.75, 3.05) is 0 Å². The molecule has 16 heavy (non-hydrogen) atoms. The van der Waals surface area contributed by atoms with Gasteiger partial charge in [-0.2, -0.15) is 0 Å². The van der Waals surface area contributed by atoms with E-state index in [1.165, 1.54) is 0 Å². The first-order valence-electron chi connectivity index (χ1n) is 5.46. The van der Waals surface area contributed by atoms with E-state index in [1.807, 2.05) is 0 Å². The zero-order valence-electron chi connectivity index (χ0n) is 9.90. The van der Waals surface area contributed by atoms with Crippen LogP contribution in [0, 0.1) is 11.3 Å². The third-order valence-corrected chi connectivity index (χ3v) is 3.64. The minimum Gasteiger partial charge on any atom is -0.456 e. The van der Waals surface area contributed by atoms with Crippen molar-refractivity contribution in [3.8, 4) is 0 Å². The molecule has 0 saturated carbocycles. The minimum absolute atomic E-state index is 0.121. The first kappa shape index (κ1) is 11.4. The Labute approximate surface area is 94.2 Å². The quantitative estimate of drug-likeness (QED) is 0.642. The SMILES string of the molecule is CC(C)C(O)C12NC(=O)C(C)(C)C1OC2=O. The fraction of sp³-hybridized carbons (Fsp3) is 0.818. The minimum atomic E-state index is -1.23. The van der Waals surface area contributed by atoms with Crippen molar-refractivity contribution in [2.45, 2.75) is 45.4 Å². The summed E-state index contributed by atoms with van der Waals surface area (Å²) in [5, 5.41) is 12.7. The summed E-state index contributed by atoms with van der Waals surface area (Å²) < 4.78 is 5.04. The molecule has 2 fully saturated rings. The van der Waals surface area contributed by atoms with E-state index in [0.717, 1.165) is 0 Å². The third-order valence-electron chi connectivity index (χ3n) is 3.64. The van der Waals surface area contributed by atoms with Crippen molar-refractivity contribution >= 4 is 11.9 Å². The van der Waals surface area contributed by atoms with Crippen LogP contribution in [0.4, 0.5) is 0 Å². The zero-order valence-corrected chi connectivity index (χ0v) is 9.90. The first-order chi connectivity index (χ1) is 7.24. The molecule has 3 atom stereocenters. The van der Waals surface area contributed by atoms with Gasteiger partial charge in [0.2, 0.25) is 11.4 Å². The number of esters is 1. The zero-order chi connectivity index (χ0) is 12.3. The van der Waals surface area contributed by atoms with E-state index in [4.69, 9.17) is 4.74 Å². The number of rotatable bonds is 2. The van der Waals surface area contributed by atoms with Crippen molar-refractivity contribution < 1.29 is 19.4 Å². The smallest absolute Gasteiger partial charge is 0.339 e. The Hall–Kier alpha value is -1.10. The normalized spacial score (nSPS) is 37.5. The third kappa shape index (κ3) is 1.04. The summed E-state index contributed by atoms with van der Waals surface area (Å²) >= 11 is 0. The first-order valence-corrected chi connectivity index (χ1v) is 5.46. The summed E-state index contributed by atoms with van der Waals surface area (Å²) in [6.45, 7) is 7.04. The van der Waals surface area contributed by atoms with Gasteiger partial charge in [-0.05, 0) is 19.8 Å². The van der Waals surface area contributed by atoms with E-state index in [2.05, 4.69) is 5.32 Å². The van der Waals surface area contributed by atoms with Crippen LogP contribution in [-0.2, 0) is 14.3 Å². The van der Waals surface area contributed by atoms with Gasteiger partial charge in [-0.3, -0.25) is 4.79 Å². The molecule has 0 radical (unpaired) electrons. The predicted molar refractivity (Wildman–Crippen MR) is 55.4 cm³/mol. The predicted octanol–water partition coefficient (Wildman–Crippen LogP) is -0.177. The van der Waals surface area contributed by atoms with E-state index in [9.17, 15) is 14.7 Å². The number of hydrogen-bond acceptors (Lipinski definition) is 4. The number of hydrogen-bond donors (Lipinski definition) is 2. The molecule has 2 aliphatic rings. The van der Waals surface area contributed by atoms with Crippen LogP contribution in [0.1, 0.15) is 27.7 Å². The highest BCUT2D eigenvalue weighted by molar-refractivity contribution is 6.01. The second-order valence-corrected chi connectivity index (χ2v) is 5.52. The van der Waals surface area contributed by atoms with Gasteiger partial charge in [0.05, 0.1) is 11.5 Å². The van der Waals surface area contributed by atoms with Crippen LogP contribution in [0.3, 0.4) is 0 Å². The van der Waals surface area contributed by atoms with Crippen LogP contribution < -0.4 is 5.32 Å². The van der Waals surface area contributed by atoms with Gasteiger partial charge in [-0.1, -0.05) is 13.8 Å². The molecule has 2 saturated heterocycles. The highest BCUT2D eigenvalue weighted by Gasteiger charge is 2.74. The second kappa shape index (κ2) is 2.97. The lowest BCUT2D eigenvalue weighted by atomic mass is 9.71. The summed E-state index contributed by atoms with van der Waals surface area (Å²) in [4.78, 5) is 23.4. The van der Waals surface area contributed by atoms with Crippen molar-refractivity contribution in [1.82, 2.24) is 5.32 Å². The molecule has 2 aliphatic heterocycles. The Morgan fingerprint density at radius 1 is 1.38 bits per heavy atom. The monoisotopic (exact) mass is 227 g/mol. The van der Waals surface area contributed by atoms with Crippen LogP contribution in [0.5, 0.6) is 0 Å². The van der Waals surface area contributed by atoms with Crippen molar-refractivity contribution in [3.05, 3.63) is 0 Å². The summed E-state index contributed by atoms with van der Waals surface area (Å²) in [6.07, 6.45) is -1.48. The molecule has 0 spiro atoms. The Kier molecular flexibility index (Phi) is 2.11. The number of carbonyl (C=O) groups is 2. The Bertz CT molecular complexity index is 363. The standard InChI is InChI=1S/C11H17NO4/c1-5(2)6(13)11-7(16-9(11)15)10(3,4)8(14)12-11/h5-7,13H,1-4H3,(H,12,14). The van der Waals surface area contributed by atoms with Gasteiger partial charge < -0.3 is 15.2 Å². The number of ether oxygens (including phenoxy) is 1. The molecule has 2 N–H and O–H groups in total. The van der Waals surface area contributed by atoms with Gasteiger partial charge >= 0.3 is 5.97 Å². The lowest BCUT2D eigenvalue weighted by molar-refractivity contribution is -0.213. The number of aliphatic hydroxyl groups is 1. The van der Waals surface area contributed by atoms with Gasteiger partial charge in [0.15, 0.2) is 6.10 Å².